The zero-order valence-electron chi connectivity index (χ0n) is 12.5. The Morgan fingerprint density at radius 3 is 2.57 bits per heavy atom. The summed E-state index contributed by atoms with van der Waals surface area (Å²) in [5, 5.41) is 13.7. The number of rotatable bonds is 5. The van der Waals surface area contributed by atoms with Crippen molar-refractivity contribution in [3.8, 4) is 11.3 Å². The molecule has 0 aliphatic heterocycles. The van der Waals surface area contributed by atoms with E-state index >= 15 is 0 Å². The summed E-state index contributed by atoms with van der Waals surface area (Å²) in [6, 6.07) is 9.38. The Hall–Kier alpha value is -2.14. The zero-order chi connectivity index (χ0) is 15.5. The first-order chi connectivity index (χ1) is 9.92. The number of amides is 1. The van der Waals surface area contributed by atoms with E-state index in [4.69, 9.17) is 4.52 Å². The number of hydrogen-bond donors (Lipinski definition) is 1. The van der Waals surface area contributed by atoms with Gasteiger partial charge in [-0.05, 0) is 20.8 Å². The molecule has 0 aliphatic carbocycles. The molecular formula is C16H20N2O3. The van der Waals surface area contributed by atoms with E-state index in [0.717, 1.165) is 5.56 Å². The van der Waals surface area contributed by atoms with Crippen LogP contribution < -0.4 is 0 Å². The molecule has 112 valence electrons. The minimum Gasteiger partial charge on any atom is -0.389 e. The molecular weight excluding hydrogens is 268 g/mol. The van der Waals surface area contributed by atoms with Crippen LogP contribution in [0.4, 0.5) is 0 Å². The van der Waals surface area contributed by atoms with Gasteiger partial charge in [-0.25, -0.2) is 0 Å². The third-order valence-corrected chi connectivity index (χ3v) is 3.08. The predicted molar refractivity (Wildman–Crippen MR) is 79.8 cm³/mol. The Labute approximate surface area is 124 Å². The molecule has 0 saturated heterocycles. The molecule has 0 radical (unpaired) electrons. The van der Waals surface area contributed by atoms with E-state index in [-0.39, 0.29) is 12.5 Å². The molecule has 1 aromatic carbocycles. The van der Waals surface area contributed by atoms with E-state index in [1.165, 1.54) is 6.20 Å². The van der Waals surface area contributed by atoms with Crippen LogP contribution in [0.2, 0.25) is 0 Å². The molecule has 2 aromatic rings. The highest BCUT2D eigenvalue weighted by Gasteiger charge is 2.26. The molecule has 1 N–H and O–H groups in total. The van der Waals surface area contributed by atoms with Gasteiger partial charge in [0, 0.05) is 18.7 Å². The number of nitrogens with zero attached hydrogens (tertiary/aromatic N) is 2. The summed E-state index contributed by atoms with van der Waals surface area (Å²) in [4.78, 5) is 14.2. The Bertz CT molecular complexity index is 599. The summed E-state index contributed by atoms with van der Waals surface area (Å²) in [6.07, 6.45) is 1.43. The molecule has 21 heavy (non-hydrogen) atoms. The highest BCUT2D eigenvalue weighted by Crippen LogP contribution is 2.24. The van der Waals surface area contributed by atoms with Crippen molar-refractivity contribution in [1.29, 1.82) is 0 Å². The first-order valence-electron chi connectivity index (χ1n) is 6.94. The van der Waals surface area contributed by atoms with Crippen LogP contribution in [0, 0.1) is 0 Å². The van der Waals surface area contributed by atoms with Crippen molar-refractivity contribution in [3.63, 3.8) is 0 Å². The maximum atomic E-state index is 12.6. The lowest BCUT2D eigenvalue weighted by Gasteiger charge is -2.27. The number of hydrogen-bond acceptors (Lipinski definition) is 4. The first kappa shape index (κ1) is 15.3. The SMILES string of the molecule is CCN(CC(C)(C)O)C(=O)c1cnoc1-c1ccccc1. The number of aromatic nitrogens is 1. The van der Waals surface area contributed by atoms with Crippen LogP contribution in [0.3, 0.4) is 0 Å². The summed E-state index contributed by atoms with van der Waals surface area (Å²) in [7, 11) is 0. The maximum Gasteiger partial charge on any atom is 0.259 e. The minimum atomic E-state index is -0.949. The predicted octanol–water partition coefficient (Wildman–Crippen LogP) is 2.57. The van der Waals surface area contributed by atoms with Gasteiger partial charge in [0.15, 0.2) is 5.76 Å². The van der Waals surface area contributed by atoms with E-state index in [9.17, 15) is 9.90 Å². The van der Waals surface area contributed by atoms with Gasteiger partial charge in [-0.2, -0.15) is 0 Å². The molecule has 0 aliphatic rings. The lowest BCUT2D eigenvalue weighted by atomic mass is 10.1. The topological polar surface area (TPSA) is 66.6 Å². The third kappa shape index (κ3) is 3.70. The molecule has 0 spiro atoms. The Kier molecular flexibility index (Phi) is 4.43. The van der Waals surface area contributed by atoms with Gasteiger partial charge in [-0.1, -0.05) is 35.5 Å². The third-order valence-electron chi connectivity index (χ3n) is 3.08. The highest BCUT2D eigenvalue weighted by molar-refractivity contribution is 5.99. The van der Waals surface area contributed by atoms with Crippen LogP contribution in [-0.4, -0.2) is 39.8 Å². The van der Waals surface area contributed by atoms with Gasteiger partial charge >= 0.3 is 0 Å². The summed E-state index contributed by atoms with van der Waals surface area (Å²) >= 11 is 0. The van der Waals surface area contributed by atoms with E-state index in [1.54, 1.807) is 18.7 Å². The lowest BCUT2D eigenvalue weighted by Crippen LogP contribution is -2.42. The summed E-state index contributed by atoms with van der Waals surface area (Å²) in [5.74, 6) is 0.259. The molecule has 0 atom stereocenters. The number of aliphatic hydroxyl groups is 1. The first-order valence-corrected chi connectivity index (χ1v) is 6.94. The van der Waals surface area contributed by atoms with E-state index in [2.05, 4.69) is 5.16 Å². The normalized spacial score (nSPS) is 11.4. The van der Waals surface area contributed by atoms with Crippen LogP contribution in [0.1, 0.15) is 31.1 Å². The lowest BCUT2D eigenvalue weighted by molar-refractivity contribution is 0.0315. The van der Waals surface area contributed by atoms with Crippen molar-refractivity contribution in [2.24, 2.45) is 0 Å². The average molecular weight is 288 g/mol. The second kappa shape index (κ2) is 6.10. The van der Waals surface area contributed by atoms with Gasteiger partial charge in [-0.15, -0.1) is 0 Å². The monoisotopic (exact) mass is 288 g/mol. The van der Waals surface area contributed by atoms with Gasteiger partial charge in [0.1, 0.15) is 5.56 Å². The van der Waals surface area contributed by atoms with Crippen molar-refractivity contribution in [1.82, 2.24) is 10.1 Å². The molecule has 0 bridgehead atoms. The molecule has 2 rings (SSSR count). The molecule has 0 fully saturated rings. The van der Waals surface area contributed by atoms with Crippen molar-refractivity contribution in [3.05, 3.63) is 42.1 Å². The van der Waals surface area contributed by atoms with Gasteiger partial charge in [-0.3, -0.25) is 4.79 Å². The van der Waals surface area contributed by atoms with Crippen LogP contribution >= 0.6 is 0 Å². The quantitative estimate of drug-likeness (QED) is 0.918. The largest absolute Gasteiger partial charge is 0.389 e. The van der Waals surface area contributed by atoms with Crippen molar-refractivity contribution < 1.29 is 14.4 Å². The van der Waals surface area contributed by atoms with Crippen LogP contribution in [0.5, 0.6) is 0 Å². The maximum absolute atomic E-state index is 12.6. The van der Waals surface area contributed by atoms with E-state index < -0.39 is 5.60 Å². The molecule has 1 heterocycles. The van der Waals surface area contributed by atoms with Crippen molar-refractivity contribution in [2.75, 3.05) is 13.1 Å². The van der Waals surface area contributed by atoms with Gasteiger partial charge < -0.3 is 14.5 Å². The highest BCUT2D eigenvalue weighted by atomic mass is 16.5. The second-order valence-corrected chi connectivity index (χ2v) is 5.57. The Morgan fingerprint density at radius 1 is 1.33 bits per heavy atom. The fourth-order valence-corrected chi connectivity index (χ4v) is 2.15. The molecule has 5 heteroatoms. The molecule has 5 nitrogen and oxygen atoms in total. The van der Waals surface area contributed by atoms with E-state index in [0.29, 0.717) is 17.9 Å². The number of carbonyl (C=O) groups excluding carboxylic acids is 1. The summed E-state index contributed by atoms with van der Waals surface area (Å²) < 4.78 is 5.24. The van der Waals surface area contributed by atoms with Gasteiger partial charge in [0.25, 0.3) is 5.91 Å². The average Bonchev–Trinajstić information content (AvgIpc) is 2.93. The van der Waals surface area contributed by atoms with Crippen LogP contribution in [-0.2, 0) is 0 Å². The standard InChI is InChI=1S/C16H20N2O3/c1-4-18(11-16(2,3)20)15(19)13-10-17-21-14(13)12-8-6-5-7-9-12/h5-10,20H,4,11H2,1-3H3. The summed E-state index contributed by atoms with van der Waals surface area (Å²) in [5.41, 5.74) is 0.264. The smallest absolute Gasteiger partial charge is 0.259 e. The van der Waals surface area contributed by atoms with Crippen LogP contribution in [0.25, 0.3) is 11.3 Å². The van der Waals surface area contributed by atoms with Crippen molar-refractivity contribution >= 4 is 5.91 Å². The van der Waals surface area contributed by atoms with Gasteiger partial charge in [0.05, 0.1) is 11.8 Å². The molecule has 1 aromatic heterocycles. The molecule has 1 amide bonds. The molecule has 0 saturated carbocycles. The Morgan fingerprint density at radius 2 is 2.00 bits per heavy atom. The van der Waals surface area contributed by atoms with E-state index in [1.807, 2.05) is 37.3 Å². The van der Waals surface area contributed by atoms with Crippen molar-refractivity contribution in [2.45, 2.75) is 26.4 Å². The summed E-state index contributed by atoms with van der Waals surface area (Å²) in [6.45, 7) is 5.98. The van der Waals surface area contributed by atoms with Crippen LogP contribution in [0.15, 0.2) is 41.1 Å². The zero-order valence-corrected chi connectivity index (χ0v) is 12.5. The Balaban J connectivity index is 2.30. The second-order valence-electron chi connectivity index (χ2n) is 5.57. The number of benzene rings is 1. The number of carbonyl (C=O) groups is 1. The number of likely N-dealkylation sites (N-methyl/N-ethyl adjacent to an activating group) is 1. The minimum absolute atomic E-state index is 0.195. The van der Waals surface area contributed by atoms with Gasteiger partial charge in [0.2, 0.25) is 0 Å². The fraction of sp³-hybridized carbons (Fsp3) is 0.375. The molecule has 0 unspecified atom stereocenters. The fourth-order valence-electron chi connectivity index (χ4n) is 2.15.